The van der Waals surface area contributed by atoms with Crippen molar-refractivity contribution in [1.82, 2.24) is 15.3 Å². The molecule has 3 aromatic rings. The number of rotatable bonds is 4. The molecule has 0 saturated carbocycles. The number of nitrogens with zero attached hydrogens (tertiary/aromatic N) is 2. The Kier molecular flexibility index (Phi) is 4.87. The van der Waals surface area contributed by atoms with Crippen LogP contribution in [0.1, 0.15) is 29.8 Å². The molecule has 8 heteroatoms. The smallest absolute Gasteiger partial charge is 0.166 e. The number of ether oxygens (including phenoxy) is 1. The summed E-state index contributed by atoms with van der Waals surface area (Å²) >= 11 is 5.92. The van der Waals surface area contributed by atoms with Gasteiger partial charge in [0, 0.05) is 42.2 Å². The number of hydrogen-bond donors (Lipinski definition) is 2. The van der Waals surface area contributed by atoms with Gasteiger partial charge in [0.2, 0.25) is 0 Å². The van der Waals surface area contributed by atoms with E-state index >= 15 is 0 Å². The van der Waals surface area contributed by atoms with Gasteiger partial charge in [0.25, 0.3) is 0 Å². The average molecular weight is 403 g/mol. The van der Waals surface area contributed by atoms with Crippen LogP contribution in [0.25, 0.3) is 11.1 Å². The van der Waals surface area contributed by atoms with Gasteiger partial charge in [0.05, 0.1) is 10.7 Å². The second-order valence-electron chi connectivity index (χ2n) is 6.56. The van der Waals surface area contributed by atoms with Crippen LogP contribution in [0.2, 0.25) is 5.02 Å². The fourth-order valence-corrected chi connectivity index (χ4v) is 3.50. The molecule has 0 saturated heterocycles. The number of anilines is 1. The van der Waals surface area contributed by atoms with Crippen LogP contribution in [0.5, 0.6) is 5.75 Å². The summed E-state index contributed by atoms with van der Waals surface area (Å²) in [6, 6.07) is 5.72. The quantitative estimate of drug-likeness (QED) is 0.633. The molecule has 0 radical (unpaired) electrons. The molecule has 1 atom stereocenters. The number of halogens is 3. The Morgan fingerprint density at radius 1 is 1.11 bits per heavy atom. The topological polar surface area (TPSA) is 73.1 Å². The minimum atomic E-state index is -0.870. The Balaban J connectivity index is 1.66. The SMILES string of the molecule is C[C@@H](Oc1cc(-c2cnc3c(c2)CNC3)cnc1N)c1c(F)ccc(F)c1Cl. The largest absolute Gasteiger partial charge is 0.482 e. The van der Waals surface area contributed by atoms with Crippen molar-refractivity contribution in [3.05, 3.63) is 70.1 Å². The van der Waals surface area contributed by atoms with Crippen molar-refractivity contribution in [3.8, 4) is 16.9 Å². The lowest BCUT2D eigenvalue weighted by Gasteiger charge is -2.18. The van der Waals surface area contributed by atoms with Crippen LogP contribution in [-0.4, -0.2) is 9.97 Å². The normalized spacial score (nSPS) is 14.0. The van der Waals surface area contributed by atoms with Crippen molar-refractivity contribution < 1.29 is 13.5 Å². The van der Waals surface area contributed by atoms with Crippen molar-refractivity contribution in [2.45, 2.75) is 26.1 Å². The van der Waals surface area contributed by atoms with E-state index in [0.717, 1.165) is 47.6 Å². The Hall–Kier alpha value is -2.77. The summed E-state index contributed by atoms with van der Waals surface area (Å²) in [7, 11) is 0. The molecule has 0 aliphatic carbocycles. The summed E-state index contributed by atoms with van der Waals surface area (Å²) in [6.07, 6.45) is 2.51. The van der Waals surface area contributed by atoms with Gasteiger partial charge in [-0.2, -0.15) is 0 Å². The number of nitrogen functional groups attached to an aromatic ring is 1. The van der Waals surface area contributed by atoms with Gasteiger partial charge in [-0.1, -0.05) is 11.6 Å². The third-order valence-electron chi connectivity index (χ3n) is 4.67. The van der Waals surface area contributed by atoms with Crippen molar-refractivity contribution in [2.24, 2.45) is 0 Å². The van der Waals surface area contributed by atoms with Crippen LogP contribution in [-0.2, 0) is 13.1 Å². The molecule has 144 valence electrons. The molecule has 1 aliphatic heterocycles. The molecule has 3 N–H and O–H groups in total. The van der Waals surface area contributed by atoms with E-state index in [-0.39, 0.29) is 22.2 Å². The summed E-state index contributed by atoms with van der Waals surface area (Å²) < 4.78 is 33.7. The van der Waals surface area contributed by atoms with Crippen molar-refractivity contribution in [1.29, 1.82) is 0 Å². The second kappa shape index (κ2) is 7.33. The van der Waals surface area contributed by atoms with Crippen LogP contribution in [0, 0.1) is 11.6 Å². The van der Waals surface area contributed by atoms with Gasteiger partial charge in [-0.3, -0.25) is 4.98 Å². The van der Waals surface area contributed by atoms with E-state index in [0.29, 0.717) is 0 Å². The van der Waals surface area contributed by atoms with Crippen LogP contribution >= 0.6 is 11.6 Å². The fraction of sp³-hybridized carbons (Fsp3) is 0.200. The summed E-state index contributed by atoms with van der Waals surface area (Å²) in [6.45, 7) is 3.08. The van der Waals surface area contributed by atoms with E-state index in [1.165, 1.54) is 0 Å². The summed E-state index contributed by atoms with van der Waals surface area (Å²) in [5.41, 5.74) is 9.62. The molecule has 5 nitrogen and oxygen atoms in total. The van der Waals surface area contributed by atoms with Gasteiger partial charge in [0.15, 0.2) is 11.6 Å². The third-order valence-corrected chi connectivity index (χ3v) is 5.06. The van der Waals surface area contributed by atoms with Crippen LogP contribution in [0.3, 0.4) is 0 Å². The van der Waals surface area contributed by atoms with Gasteiger partial charge < -0.3 is 15.8 Å². The molecule has 3 heterocycles. The zero-order valence-corrected chi connectivity index (χ0v) is 15.7. The summed E-state index contributed by atoms with van der Waals surface area (Å²) in [5.74, 6) is -0.981. The van der Waals surface area contributed by atoms with Gasteiger partial charge in [0.1, 0.15) is 17.7 Å². The predicted octanol–water partition coefficient (Wildman–Crippen LogP) is 4.40. The van der Waals surface area contributed by atoms with E-state index in [2.05, 4.69) is 15.3 Å². The number of hydrogen-bond acceptors (Lipinski definition) is 5. The Labute approximate surface area is 165 Å². The third kappa shape index (κ3) is 3.39. The lowest BCUT2D eigenvalue weighted by atomic mass is 10.1. The first-order valence-corrected chi connectivity index (χ1v) is 9.06. The lowest BCUT2D eigenvalue weighted by molar-refractivity contribution is 0.221. The highest BCUT2D eigenvalue weighted by atomic mass is 35.5. The maximum Gasteiger partial charge on any atom is 0.166 e. The van der Waals surface area contributed by atoms with Gasteiger partial charge in [-0.05, 0) is 36.8 Å². The minimum Gasteiger partial charge on any atom is -0.482 e. The monoisotopic (exact) mass is 402 g/mol. The fourth-order valence-electron chi connectivity index (χ4n) is 3.20. The standard InChI is InChI=1S/C20H17ClF2N4O/c1-10(18-14(22)2-3-15(23)19(18)21)28-17-5-12(8-27-20(17)24)11-4-13-6-25-9-16(13)26-7-11/h2-5,7-8,10,25H,6,9H2,1H3,(H2,24,27)/t10-/m1/s1. The first kappa shape index (κ1) is 18.6. The molecular formula is C20H17ClF2N4O. The first-order valence-electron chi connectivity index (χ1n) is 8.68. The Morgan fingerprint density at radius 3 is 2.64 bits per heavy atom. The highest BCUT2D eigenvalue weighted by molar-refractivity contribution is 6.31. The molecule has 4 rings (SSSR count). The first-order chi connectivity index (χ1) is 13.4. The molecule has 0 bridgehead atoms. The number of pyridine rings is 2. The molecular weight excluding hydrogens is 386 g/mol. The van der Waals surface area contributed by atoms with Crippen molar-refractivity contribution in [2.75, 3.05) is 5.73 Å². The molecule has 0 unspecified atom stereocenters. The summed E-state index contributed by atoms with van der Waals surface area (Å²) in [5, 5.41) is 2.93. The summed E-state index contributed by atoms with van der Waals surface area (Å²) in [4.78, 5) is 8.62. The molecule has 0 fully saturated rings. The van der Waals surface area contributed by atoms with E-state index < -0.39 is 17.7 Å². The highest BCUT2D eigenvalue weighted by Crippen LogP contribution is 2.35. The van der Waals surface area contributed by atoms with E-state index in [1.54, 1.807) is 25.4 Å². The average Bonchev–Trinajstić information content (AvgIpc) is 3.14. The molecule has 0 amide bonds. The molecule has 28 heavy (non-hydrogen) atoms. The van der Waals surface area contributed by atoms with E-state index in [9.17, 15) is 8.78 Å². The second-order valence-corrected chi connectivity index (χ2v) is 6.94. The molecule has 1 aliphatic rings. The van der Waals surface area contributed by atoms with Gasteiger partial charge in [-0.15, -0.1) is 0 Å². The maximum absolute atomic E-state index is 14.2. The zero-order valence-electron chi connectivity index (χ0n) is 15.0. The number of fused-ring (bicyclic) bond motifs is 1. The van der Waals surface area contributed by atoms with Crippen molar-refractivity contribution >= 4 is 17.4 Å². The van der Waals surface area contributed by atoms with Gasteiger partial charge in [-0.25, -0.2) is 13.8 Å². The van der Waals surface area contributed by atoms with E-state index in [4.69, 9.17) is 22.1 Å². The van der Waals surface area contributed by atoms with Crippen LogP contribution in [0.4, 0.5) is 14.6 Å². The van der Waals surface area contributed by atoms with Crippen molar-refractivity contribution in [3.63, 3.8) is 0 Å². The number of nitrogens with one attached hydrogen (secondary N) is 1. The van der Waals surface area contributed by atoms with Gasteiger partial charge >= 0.3 is 0 Å². The van der Waals surface area contributed by atoms with Crippen LogP contribution in [0.15, 0.2) is 36.7 Å². The molecule has 1 aromatic carbocycles. The minimum absolute atomic E-state index is 0.0725. The number of benzene rings is 1. The number of nitrogens with two attached hydrogens (primary N) is 1. The molecule has 0 spiro atoms. The van der Waals surface area contributed by atoms with Crippen LogP contribution < -0.4 is 15.8 Å². The molecule has 2 aromatic heterocycles. The number of aromatic nitrogens is 2. The highest BCUT2D eigenvalue weighted by Gasteiger charge is 2.21. The lowest BCUT2D eigenvalue weighted by Crippen LogP contribution is -2.09. The Bertz CT molecular complexity index is 1060. The predicted molar refractivity (Wildman–Crippen MR) is 103 cm³/mol. The van der Waals surface area contributed by atoms with E-state index in [1.807, 2.05) is 6.07 Å². The maximum atomic E-state index is 14.2. The zero-order chi connectivity index (χ0) is 19.8. The Morgan fingerprint density at radius 2 is 1.82 bits per heavy atom.